The Labute approximate surface area is 110 Å². The molecule has 7 heteroatoms. The Kier molecular flexibility index (Phi) is 3.02. The number of nitrogens with one attached hydrogen (secondary N) is 2. The Morgan fingerprint density at radius 2 is 2.26 bits per heavy atom. The summed E-state index contributed by atoms with van der Waals surface area (Å²) in [5.74, 6) is 0.765. The summed E-state index contributed by atoms with van der Waals surface area (Å²) in [5.41, 5.74) is 1.43. The van der Waals surface area contributed by atoms with E-state index in [1.54, 1.807) is 6.20 Å². The van der Waals surface area contributed by atoms with E-state index in [0.717, 1.165) is 37.3 Å². The minimum Gasteiger partial charge on any atom is -0.328 e. The number of amides is 1. The van der Waals surface area contributed by atoms with E-state index >= 15 is 0 Å². The van der Waals surface area contributed by atoms with Crippen molar-refractivity contribution in [3.05, 3.63) is 29.6 Å². The maximum Gasteiger partial charge on any atom is 0.257 e. The lowest BCUT2D eigenvalue weighted by Gasteiger charge is -2.34. The fourth-order valence-electron chi connectivity index (χ4n) is 2.56. The molecule has 0 spiro atoms. The minimum atomic E-state index is -0.0157. The Hall–Kier alpha value is -2.18. The van der Waals surface area contributed by atoms with Crippen LogP contribution in [0.3, 0.4) is 0 Å². The van der Waals surface area contributed by atoms with Crippen LogP contribution in [0.25, 0.3) is 0 Å². The van der Waals surface area contributed by atoms with Crippen LogP contribution < -0.4 is 0 Å². The van der Waals surface area contributed by atoms with Crippen LogP contribution in [0, 0.1) is 6.92 Å². The van der Waals surface area contributed by atoms with E-state index in [-0.39, 0.29) is 11.9 Å². The lowest BCUT2D eigenvalue weighted by molar-refractivity contribution is 0.0599. The number of likely N-dealkylation sites (tertiary alicyclic amines) is 1. The van der Waals surface area contributed by atoms with Crippen molar-refractivity contribution in [1.29, 1.82) is 0 Å². The van der Waals surface area contributed by atoms with Crippen molar-refractivity contribution in [2.75, 3.05) is 6.54 Å². The molecule has 2 N–H and O–H groups in total. The molecule has 2 aromatic heterocycles. The first kappa shape index (κ1) is 11.9. The van der Waals surface area contributed by atoms with Crippen LogP contribution >= 0.6 is 0 Å². The number of rotatable bonds is 2. The van der Waals surface area contributed by atoms with Gasteiger partial charge in [0.15, 0.2) is 0 Å². The number of piperidine rings is 1. The summed E-state index contributed by atoms with van der Waals surface area (Å²) in [6, 6.07) is -0.0157. The molecule has 0 bridgehead atoms. The monoisotopic (exact) mass is 260 g/mol. The van der Waals surface area contributed by atoms with Crippen molar-refractivity contribution < 1.29 is 4.79 Å². The lowest BCUT2D eigenvalue weighted by Crippen LogP contribution is -2.39. The molecule has 1 aliphatic rings. The SMILES string of the molecule is Cc1[nH]ncc1C(=O)N1CCCCC1c1ncn[nH]1. The summed E-state index contributed by atoms with van der Waals surface area (Å²) >= 11 is 0. The summed E-state index contributed by atoms with van der Waals surface area (Å²) < 4.78 is 0. The first-order valence-corrected chi connectivity index (χ1v) is 6.43. The average molecular weight is 260 g/mol. The third-order valence-corrected chi connectivity index (χ3v) is 3.57. The van der Waals surface area contributed by atoms with E-state index in [1.165, 1.54) is 6.33 Å². The first-order valence-electron chi connectivity index (χ1n) is 6.43. The number of carbonyl (C=O) groups excluding carboxylic acids is 1. The summed E-state index contributed by atoms with van der Waals surface area (Å²) in [6.07, 6.45) is 6.10. The van der Waals surface area contributed by atoms with Gasteiger partial charge in [-0.25, -0.2) is 4.98 Å². The van der Waals surface area contributed by atoms with Gasteiger partial charge in [-0.05, 0) is 26.2 Å². The maximum absolute atomic E-state index is 12.6. The number of aromatic nitrogens is 5. The van der Waals surface area contributed by atoms with Crippen molar-refractivity contribution in [3.8, 4) is 0 Å². The number of hydrogen-bond acceptors (Lipinski definition) is 4. The van der Waals surface area contributed by atoms with Gasteiger partial charge in [-0.15, -0.1) is 0 Å². The molecule has 1 fully saturated rings. The molecular weight excluding hydrogens is 244 g/mol. The Balaban J connectivity index is 1.89. The van der Waals surface area contributed by atoms with E-state index < -0.39 is 0 Å². The van der Waals surface area contributed by atoms with Gasteiger partial charge in [0.25, 0.3) is 5.91 Å². The van der Waals surface area contributed by atoms with Crippen LogP contribution in [0.15, 0.2) is 12.5 Å². The summed E-state index contributed by atoms with van der Waals surface area (Å²) in [7, 11) is 0. The molecule has 0 radical (unpaired) electrons. The van der Waals surface area contributed by atoms with E-state index in [1.807, 2.05) is 11.8 Å². The summed E-state index contributed by atoms with van der Waals surface area (Å²) in [5, 5.41) is 13.5. The van der Waals surface area contributed by atoms with Crippen molar-refractivity contribution in [1.82, 2.24) is 30.3 Å². The molecule has 3 rings (SSSR count). The summed E-state index contributed by atoms with van der Waals surface area (Å²) in [4.78, 5) is 18.6. The van der Waals surface area contributed by atoms with E-state index in [2.05, 4.69) is 25.4 Å². The number of nitrogens with zero attached hydrogens (tertiary/aromatic N) is 4. The van der Waals surface area contributed by atoms with Gasteiger partial charge in [0, 0.05) is 12.2 Å². The molecule has 1 unspecified atom stereocenters. The molecule has 1 saturated heterocycles. The first-order chi connectivity index (χ1) is 9.27. The lowest BCUT2D eigenvalue weighted by atomic mass is 10.0. The predicted molar refractivity (Wildman–Crippen MR) is 67.3 cm³/mol. The van der Waals surface area contributed by atoms with Crippen molar-refractivity contribution in [3.63, 3.8) is 0 Å². The third kappa shape index (κ3) is 2.11. The fourth-order valence-corrected chi connectivity index (χ4v) is 2.56. The number of carbonyl (C=O) groups is 1. The number of H-pyrrole nitrogens is 2. The molecule has 7 nitrogen and oxygen atoms in total. The van der Waals surface area contributed by atoms with Crippen LogP contribution in [0.4, 0.5) is 0 Å². The second-order valence-electron chi connectivity index (χ2n) is 4.79. The van der Waals surface area contributed by atoms with Gasteiger partial charge in [0.2, 0.25) is 0 Å². The molecule has 0 aromatic carbocycles. The predicted octanol–water partition coefficient (Wildman–Crippen LogP) is 1.20. The van der Waals surface area contributed by atoms with Gasteiger partial charge < -0.3 is 4.90 Å². The van der Waals surface area contributed by atoms with Crippen molar-refractivity contribution in [2.24, 2.45) is 0 Å². The standard InChI is InChI=1S/C12H16N6O/c1-8-9(6-14-16-8)12(19)18-5-3-2-4-10(18)11-13-7-15-17-11/h6-7,10H,2-5H2,1H3,(H,14,16)(H,13,15,17). The van der Waals surface area contributed by atoms with Gasteiger partial charge in [-0.1, -0.05) is 0 Å². The molecular formula is C12H16N6O. The molecule has 2 aromatic rings. The second-order valence-corrected chi connectivity index (χ2v) is 4.79. The van der Waals surface area contributed by atoms with Gasteiger partial charge >= 0.3 is 0 Å². The number of aromatic amines is 2. The average Bonchev–Trinajstić information content (AvgIpc) is 3.09. The Morgan fingerprint density at radius 1 is 1.37 bits per heavy atom. The fraction of sp³-hybridized carbons (Fsp3) is 0.500. The number of hydrogen-bond donors (Lipinski definition) is 2. The number of aryl methyl sites for hydroxylation is 1. The maximum atomic E-state index is 12.6. The molecule has 0 aliphatic carbocycles. The molecule has 1 atom stereocenters. The van der Waals surface area contributed by atoms with Crippen LogP contribution in [0.1, 0.15) is 47.2 Å². The highest BCUT2D eigenvalue weighted by Crippen LogP contribution is 2.30. The smallest absolute Gasteiger partial charge is 0.257 e. The summed E-state index contributed by atoms with van der Waals surface area (Å²) in [6.45, 7) is 2.60. The highest BCUT2D eigenvalue weighted by Gasteiger charge is 2.31. The van der Waals surface area contributed by atoms with Gasteiger partial charge in [0.1, 0.15) is 12.2 Å². The van der Waals surface area contributed by atoms with Crippen molar-refractivity contribution >= 4 is 5.91 Å². The zero-order chi connectivity index (χ0) is 13.2. The molecule has 1 amide bonds. The molecule has 100 valence electrons. The third-order valence-electron chi connectivity index (χ3n) is 3.57. The Morgan fingerprint density at radius 3 is 2.95 bits per heavy atom. The van der Waals surface area contributed by atoms with Crippen LogP contribution in [0.2, 0.25) is 0 Å². The Bertz CT molecular complexity index is 561. The van der Waals surface area contributed by atoms with Crippen LogP contribution in [-0.4, -0.2) is 42.7 Å². The normalized spacial score (nSPS) is 19.6. The highest BCUT2D eigenvalue weighted by molar-refractivity contribution is 5.95. The quantitative estimate of drug-likeness (QED) is 0.849. The van der Waals surface area contributed by atoms with E-state index in [0.29, 0.717) is 5.56 Å². The van der Waals surface area contributed by atoms with E-state index in [9.17, 15) is 4.79 Å². The highest BCUT2D eigenvalue weighted by atomic mass is 16.2. The van der Waals surface area contributed by atoms with Crippen molar-refractivity contribution in [2.45, 2.75) is 32.2 Å². The topological polar surface area (TPSA) is 90.6 Å². The largest absolute Gasteiger partial charge is 0.328 e. The zero-order valence-corrected chi connectivity index (χ0v) is 10.8. The molecule has 19 heavy (non-hydrogen) atoms. The minimum absolute atomic E-state index is 0.00681. The molecule has 0 saturated carbocycles. The zero-order valence-electron chi connectivity index (χ0n) is 10.8. The van der Waals surface area contributed by atoms with Crippen LogP contribution in [-0.2, 0) is 0 Å². The second kappa shape index (κ2) is 4.83. The molecule has 1 aliphatic heterocycles. The van der Waals surface area contributed by atoms with Gasteiger partial charge in [-0.3, -0.25) is 15.0 Å². The van der Waals surface area contributed by atoms with E-state index in [4.69, 9.17) is 0 Å². The van der Waals surface area contributed by atoms with Crippen LogP contribution in [0.5, 0.6) is 0 Å². The van der Waals surface area contributed by atoms with Gasteiger partial charge in [-0.2, -0.15) is 10.2 Å². The molecule has 3 heterocycles. The van der Waals surface area contributed by atoms with Gasteiger partial charge in [0.05, 0.1) is 17.8 Å².